The van der Waals surface area contributed by atoms with Crippen molar-refractivity contribution in [3.8, 4) is 28.3 Å². The predicted molar refractivity (Wildman–Crippen MR) is 140 cm³/mol. The molecule has 0 radical (unpaired) electrons. The smallest absolute Gasteiger partial charge is 0.126 e. The van der Waals surface area contributed by atoms with Gasteiger partial charge in [-0.25, -0.2) is 9.67 Å². The third kappa shape index (κ3) is 4.22. The molecular weight excluding hydrogens is 450 g/mol. The van der Waals surface area contributed by atoms with Crippen LogP contribution < -0.4 is 5.32 Å². The lowest BCUT2D eigenvalue weighted by molar-refractivity contribution is 0.534. The first kappa shape index (κ1) is 21.7. The van der Waals surface area contributed by atoms with Gasteiger partial charge in [-0.15, -0.1) is 0 Å². The number of hydrogen-bond acceptors (Lipinski definition) is 6. The topological polar surface area (TPSA) is 102 Å². The molecule has 178 valence electrons. The molecule has 9 nitrogen and oxygen atoms in total. The number of imidazole rings is 1. The van der Waals surface area contributed by atoms with Crippen LogP contribution in [0.3, 0.4) is 0 Å². The molecule has 36 heavy (non-hydrogen) atoms. The van der Waals surface area contributed by atoms with Gasteiger partial charge in [0.05, 0.1) is 34.7 Å². The molecule has 0 aliphatic carbocycles. The molecule has 0 amide bonds. The van der Waals surface area contributed by atoms with Gasteiger partial charge in [-0.05, 0) is 56.3 Å². The van der Waals surface area contributed by atoms with Gasteiger partial charge in [-0.2, -0.15) is 10.2 Å². The highest BCUT2D eigenvalue weighted by Gasteiger charge is 2.17. The average molecular weight is 476 g/mol. The second kappa shape index (κ2) is 9.10. The summed E-state index contributed by atoms with van der Waals surface area (Å²) >= 11 is 0. The molecule has 0 bridgehead atoms. The first-order valence-electron chi connectivity index (χ1n) is 11.8. The van der Waals surface area contributed by atoms with Crippen LogP contribution in [0.4, 0.5) is 5.69 Å². The zero-order valence-corrected chi connectivity index (χ0v) is 20.0. The van der Waals surface area contributed by atoms with Gasteiger partial charge < -0.3 is 10.3 Å². The fraction of sp³-hybridized carbons (Fsp3) is 0.148. The molecule has 0 spiro atoms. The standard InChI is InChI=1S/C27H25N9/c1-18(2)35-14-9-23(34-35)27-26(19-7-8-22-24(15-19)29-12-11-28-22)32-25(33-27)17-30-20-5-3-6-21(16-20)36-13-4-10-31-36/h3-16,18,30H,17H2,1-2H3,(H,32,33). The Morgan fingerprint density at radius 3 is 2.61 bits per heavy atom. The number of nitrogens with zero attached hydrogens (tertiary/aromatic N) is 7. The summed E-state index contributed by atoms with van der Waals surface area (Å²) in [6.07, 6.45) is 9.09. The van der Waals surface area contributed by atoms with Crippen LogP contribution in [0.2, 0.25) is 0 Å². The Morgan fingerprint density at radius 2 is 1.81 bits per heavy atom. The largest absolute Gasteiger partial charge is 0.378 e. The molecule has 0 unspecified atom stereocenters. The molecule has 2 aromatic carbocycles. The SMILES string of the molecule is CC(C)n1ccc(-c2[nH]c(CNc3cccc(-n4cccn4)c3)nc2-c2ccc3nccnc3c2)n1. The normalized spacial score (nSPS) is 11.4. The predicted octanol–water partition coefficient (Wildman–Crippen LogP) is 5.26. The zero-order valence-electron chi connectivity index (χ0n) is 20.0. The Balaban J connectivity index is 1.34. The van der Waals surface area contributed by atoms with Gasteiger partial charge in [0.1, 0.15) is 11.5 Å². The molecular formula is C27H25N9. The summed E-state index contributed by atoms with van der Waals surface area (Å²) in [5, 5.41) is 12.6. The first-order valence-corrected chi connectivity index (χ1v) is 11.8. The van der Waals surface area contributed by atoms with Crippen molar-refractivity contribution in [2.75, 3.05) is 5.32 Å². The lowest BCUT2D eigenvalue weighted by Crippen LogP contribution is -2.03. The molecule has 6 aromatic rings. The second-order valence-electron chi connectivity index (χ2n) is 8.80. The number of aromatic amines is 1. The lowest BCUT2D eigenvalue weighted by atomic mass is 10.1. The maximum absolute atomic E-state index is 4.97. The molecule has 6 rings (SSSR count). The fourth-order valence-electron chi connectivity index (χ4n) is 4.14. The van der Waals surface area contributed by atoms with Gasteiger partial charge in [0.2, 0.25) is 0 Å². The van der Waals surface area contributed by atoms with Crippen molar-refractivity contribution in [3.63, 3.8) is 0 Å². The molecule has 0 atom stereocenters. The van der Waals surface area contributed by atoms with E-state index < -0.39 is 0 Å². The number of nitrogens with one attached hydrogen (secondary N) is 2. The van der Waals surface area contributed by atoms with Gasteiger partial charge in [0.15, 0.2) is 0 Å². The quantitative estimate of drug-likeness (QED) is 0.326. The summed E-state index contributed by atoms with van der Waals surface area (Å²) in [5.74, 6) is 0.808. The molecule has 0 saturated heterocycles. The highest BCUT2D eigenvalue weighted by Crippen LogP contribution is 2.31. The molecule has 9 heteroatoms. The molecule has 0 aliphatic rings. The Labute approximate surface area is 207 Å². The molecule has 2 N–H and O–H groups in total. The van der Waals surface area contributed by atoms with Crippen LogP contribution in [0.5, 0.6) is 0 Å². The van der Waals surface area contributed by atoms with Crippen molar-refractivity contribution >= 4 is 16.7 Å². The number of aromatic nitrogens is 8. The van der Waals surface area contributed by atoms with E-state index in [1.54, 1.807) is 18.6 Å². The zero-order chi connectivity index (χ0) is 24.5. The van der Waals surface area contributed by atoms with Crippen molar-refractivity contribution in [3.05, 3.63) is 91.4 Å². The number of H-pyrrole nitrogens is 1. The minimum absolute atomic E-state index is 0.268. The van der Waals surface area contributed by atoms with E-state index in [-0.39, 0.29) is 6.04 Å². The monoisotopic (exact) mass is 475 g/mol. The Morgan fingerprint density at radius 1 is 0.917 bits per heavy atom. The summed E-state index contributed by atoms with van der Waals surface area (Å²) in [7, 11) is 0. The Hall–Kier alpha value is -4.79. The van der Waals surface area contributed by atoms with Crippen molar-refractivity contribution < 1.29 is 0 Å². The third-order valence-corrected chi connectivity index (χ3v) is 5.96. The van der Waals surface area contributed by atoms with Crippen LogP contribution >= 0.6 is 0 Å². The fourth-order valence-corrected chi connectivity index (χ4v) is 4.14. The molecule has 4 heterocycles. The van der Waals surface area contributed by atoms with Crippen molar-refractivity contribution in [1.82, 2.24) is 39.5 Å². The number of anilines is 1. The second-order valence-corrected chi connectivity index (χ2v) is 8.80. The van der Waals surface area contributed by atoms with Crippen LogP contribution in [0, 0.1) is 0 Å². The van der Waals surface area contributed by atoms with Crippen LogP contribution in [0.15, 0.2) is 85.6 Å². The van der Waals surface area contributed by atoms with Gasteiger partial charge >= 0.3 is 0 Å². The molecule has 0 fully saturated rings. The molecule has 4 aromatic heterocycles. The average Bonchev–Trinajstić information content (AvgIpc) is 3.68. The maximum Gasteiger partial charge on any atom is 0.126 e. The Bertz CT molecular complexity index is 1630. The Kier molecular flexibility index (Phi) is 5.49. The van der Waals surface area contributed by atoms with E-state index in [0.29, 0.717) is 6.54 Å². The minimum Gasteiger partial charge on any atom is -0.378 e. The van der Waals surface area contributed by atoms with E-state index in [0.717, 1.165) is 50.9 Å². The summed E-state index contributed by atoms with van der Waals surface area (Å²) < 4.78 is 3.78. The van der Waals surface area contributed by atoms with Crippen molar-refractivity contribution in [1.29, 1.82) is 0 Å². The highest BCUT2D eigenvalue weighted by atomic mass is 15.3. The lowest BCUT2D eigenvalue weighted by Gasteiger charge is -2.07. The number of fused-ring (bicyclic) bond motifs is 1. The van der Waals surface area contributed by atoms with E-state index in [9.17, 15) is 0 Å². The molecule has 0 saturated carbocycles. The van der Waals surface area contributed by atoms with E-state index in [1.807, 2.05) is 70.3 Å². The molecule has 0 aliphatic heterocycles. The van der Waals surface area contributed by atoms with E-state index in [1.165, 1.54) is 0 Å². The number of hydrogen-bond donors (Lipinski definition) is 2. The maximum atomic E-state index is 4.97. The van der Waals surface area contributed by atoms with Crippen molar-refractivity contribution in [2.24, 2.45) is 0 Å². The van der Waals surface area contributed by atoms with Crippen LogP contribution in [-0.2, 0) is 6.54 Å². The summed E-state index contributed by atoms with van der Waals surface area (Å²) in [6.45, 7) is 4.74. The van der Waals surface area contributed by atoms with Gasteiger partial charge in [-0.3, -0.25) is 14.6 Å². The van der Waals surface area contributed by atoms with Gasteiger partial charge in [-0.1, -0.05) is 12.1 Å². The van der Waals surface area contributed by atoms with Crippen LogP contribution in [-0.4, -0.2) is 39.5 Å². The summed E-state index contributed by atoms with van der Waals surface area (Å²) in [5.41, 5.74) is 7.15. The van der Waals surface area contributed by atoms with Crippen LogP contribution in [0.1, 0.15) is 25.7 Å². The highest BCUT2D eigenvalue weighted by molar-refractivity contribution is 5.84. The van der Waals surface area contributed by atoms with Gasteiger partial charge in [0.25, 0.3) is 0 Å². The van der Waals surface area contributed by atoms with Crippen LogP contribution in [0.25, 0.3) is 39.4 Å². The third-order valence-electron chi connectivity index (χ3n) is 5.96. The summed E-state index contributed by atoms with van der Waals surface area (Å²) in [4.78, 5) is 17.3. The van der Waals surface area contributed by atoms with Gasteiger partial charge in [0, 0.05) is 48.3 Å². The number of rotatable bonds is 7. The summed E-state index contributed by atoms with van der Waals surface area (Å²) in [6, 6.07) is 18.3. The first-order chi connectivity index (χ1) is 17.6. The number of benzene rings is 2. The van der Waals surface area contributed by atoms with E-state index >= 15 is 0 Å². The minimum atomic E-state index is 0.268. The van der Waals surface area contributed by atoms with E-state index in [4.69, 9.17) is 10.1 Å². The van der Waals surface area contributed by atoms with Crippen molar-refractivity contribution in [2.45, 2.75) is 26.4 Å². The van der Waals surface area contributed by atoms with E-state index in [2.05, 4.69) is 45.3 Å².